The molecule has 0 radical (unpaired) electrons. The second-order valence-electron chi connectivity index (χ2n) is 8.24. The fraction of sp³-hybridized carbons (Fsp3) is 0.333. The quantitative estimate of drug-likeness (QED) is 0.322. The van der Waals surface area contributed by atoms with Gasteiger partial charge in [-0.3, -0.25) is 0 Å². The Hall–Kier alpha value is -3.38. The predicted molar refractivity (Wildman–Crippen MR) is 134 cm³/mol. The average molecular weight is 444 g/mol. The van der Waals surface area contributed by atoms with Crippen molar-refractivity contribution in [2.24, 2.45) is 0 Å². The molecule has 0 aliphatic carbocycles. The van der Waals surface area contributed by atoms with E-state index in [-0.39, 0.29) is 0 Å². The monoisotopic (exact) mass is 443 g/mol. The molecule has 6 heteroatoms. The molecule has 2 N–H and O–H groups in total. The summed E-state index contributed by atoms with van der Waals surface area (Å²) in [5, 5.41) is 4.52. The molecular formula is C27H33N5O. The van der Waals surface area contributed by atoms with Crippen molar-refractivity contribution in [2.45, 2.75) is 39.7 Å². The third-order valence-electron chi connectivity index (χ3n) is 6.10. The number of ether oxygens (including phenoxy) is 1. The van der Waals surface area contributed by atoms with E-state index in [1.54, 1.807) is 0 Å². The van der Waals surface area contributed by atoms with Gasteiger partial charge >= 0.3 is 0 Å². The summed E-state index contributed by atoms with van der Waals surface area (Å²) in [6.45, 7) is 8.29. The lowest BCUT2D eigenvalue weighted by Gasteiger charge is -2.17. The number of aromatic nitrogens is 3. The molecule has 6 nitrogen and oxygen atoms in total. The maximum atomic E-state index is 6.30. The fourth-order valence-corrected chi connectivity index (χ4v) is 4.21. The summed E-state index contributed by atoms with van der Waals surface area (Å²) in [4.78, 5) is 6.72. The van der Waals surface area contributed by atoms with Gasteiger partial charge in [0.05, 0.1) is 0 Å². The number of nitrogens with zero attached hydrogens (tertiary/aromatic N) is 4. The van der Waals surface area contributed by atoms with Gasteiger partial charge in [-0.1, -0.05) is 56.3 Å². The zero-order chi connectivity index (χ0) is 23.0. The molecule has 2 aromatic carbocycles. The van der Waals surface area contributed by atoms with Gasteiger partial charge < -0.3 is 15.4 Å². The Bertz CT molecular complexity index is 1170. The molecule has 0 spiro atoms. The molecule has 0 saturated carbocycles. The van der Waals surface area contributed by atoms with Crippen molar-refractivity contribution in [3.05, 3.63) is 78.2 Å². The summed E-state index contributed by atoms with van der Waals surface area (Å²) < 4.78 is 8.00. The topological polar surface area (TPSA) is 68.7 Å². The zero-order valence-corrected chi connectivity index (χ0v) is 19.6. The lowest BCUT2D eigenvalue weighted by molar-refractivity contribution is 0.297. The van der Waals surface area contributed by atoms with Crippen LogP contribution in [0.1, 0.15) is 37.9 Å². The molecule has 4 rings (SSSR count). The third-order valence-corrected chi connectivity index (χ3v) is 6.10. The Balaban J connectivity index is 1.55. The van der Waals surface area contributed by atoms with Gasteiger partial charge in [-0.25, -0.2) is 9.50 Å². The number of benzene rings is 2. The highest BCUT2D eigenvalue weighted by Crippen LogP contribution is 2.33. The van der Waals surface area contributed by atoms with E-state index in [9.17, 15) is 0 Å². The van der Waals surface area contributed by atoms with Gasteiger partial charge in [0.1, 0.15) is 24.2 Å². The van der Waals surface area contributed by atoms with Gasteiger partial charge in [-0.2, -0.15) is 5.10 Å². The molecule has 0 amide bonds. The van der Waals surface area contributed by atoms with Crippen LogP contribution >= 0.6 is 0 Å². The van der Waals surface area contributed by atoms with Crippen molar-refractivity contribution in [3.8, 4) is 16.9 Å². The maximum Gasteiger partial charge on any atom is 0.151 e. The molecule has 0 aliphatic rings. The summed E-state index contributed by atoms with van der Waals surface area (Å²) in [5.74, 6) is 1.32. The van der Waals surface area contributed by atoms with E-state index >= 15 is 0 Å². The minimum atomic E-state index is 0.491. The molecule has 33 heavy (non-hydrogen) atoms. The minimum absolute atomic E-state index is 0.491. The van der Waals surface area contributed by atoms with Gasteiger partial charge in [0.15, 0.2) is 5.82 Å². The number of nitrogen functional groups attached to an aromatic ring is 1. The van der Waals surface area contributed by atoms with Crippen molar-refractivity contribution in [1.29, 1.82) is 0 Å². The first-order valence-electron chi connectivity index (χ1n) is 11.8. The van der Waals surface area contributed by atoms with Gasteiger partial charge in [0.2, 0.25) is 0 Å². The number of rotatable bonds is 11. The Labute approximate surface area is 196 Å². The van der Waals surface area contributed by atoms with Crippen LogP contribution in [-0.2, 0) is 13.0 Å². The third kappa shape index (κ3) is 5.52. The normalized spacial score (nSPS) is 11.4. The van der Waals surface area contributed by atoms with E-state index in [1.165, 1.54) is 6.33 Å². The largest absolute Gasteiger partial charge is 0.489 e. The molecule has 172 valence electrons. The maximum absolute atomic E-state index is 6.30. The highest BCUT2D eigenvalue weighted by atomic mass is 16.5. The Morgan fingerprint density at radius 3 is 2.58 bits per heavy atom. The molecule has 0 fully saturated rings. The van der Waals surface area contributed by atoms with Crippen molar-refractivity contribution < 1.29 is 4.74 Å². The smallest absolute Gasteiger partial charge is 0.151 e. The van der Waals surface area contributed by atoms with E-state index in [4.69, 9.17) is 10.5 Å². The van der Waals surface area contributed by atoms with Crippen LogP contribution in [0.4, 0.5) is 5.82 Å². The van der Waals surface area contributed by atoms with Gasteiger partial charge in [-0.15, -0.1) is 0 Å². The van der Waals surface area contributed by atoms with Crippen molar-refractivity contribution in [2.75, 3.05) is 25.4 Å². The number of unbranched alkanes of at least 4 members (excludes halogenated alkanes) is 1. The first-order chi connectivity index (χ1) is 16.2. The van der Waals surface area contributed by atoms with E-state index in [0.29, 0.717) is 12.4 Å². The fourth-order valence-electron chi connectivity index (χ4n) is 4.21. The van der Waals surface area contributed by atoms with Gasteiger partial charge in [-0.05, 0) is 68.2 Å². The van der Waals surface area contributed by atoms with E-state index in [0.717, 1.165) is 72.5 Å². The van der Waals surface area contributed by atoms with Gasteiger partial charge in [0.25, 0.3) is 0 Å². The molecular weight excluding hydrogens is 410 g/mol. The summed E-state index contributed by atoms with van der Waals surface area (Å²) in [6.07, 6.45) is 4.74. The zero-order valence-electron chi connectivity index (χ0n) is 19.6. The highest BCUT2D eigenvalue weighted by Gasteiger charge is 2.15. The Kier molecular flexibility index (Phi) is 7.58. The number of hydrogen-bond donors (Lipinski definition) is 1. The summed E-state index contributed by atoms with van der Waals surface area (Å²) in [7, 11) is 0. The van der Waals surface area contributed by atoms with E-state index in [1.807, 2.05) is 34.8 Å². The number of hydrogen-bond acceptors (Lipinski definition) is 5. The van der Waals surface area contributed by atoms with Crippen LogP contribution in [0.3, 0.4) is 0 Å². The van der Waals surface area contributed by atoms with Crippen molar-refractivity contribution in [1.82, 2.24) is 19.5 Å². The van der Waals surface area contributed by atoms with E-state index < -0.39 is 0 Å². The molecule has 0 unspecified atom stereocenters. The molecule has 2 heterocycles. The summed E-state index contributed by atoms with van der Waals surface area (Å²) >= 11 is 0. The van der Waals surface area contributed by atoms with E-state index in [2.05, 4.69) is 59.2 Å². The second-order valence-corrected chi connectivity index (χ2v) is 8.24. The summed E-state index contributed by atoms with van der Waals surface area (Å²) in [5.41, 5.74) is 11.5. The highest BCUT2D eigenvalue weighted by molar-refractivity contribution is 5.88. The molecule has 4 aromatic rings. The first-order valence-corrected chi connectivity index (χ1v) is 11.8. The molecule has 0 atom stereocenters. The van der Waals surface area contributed by atoms with Crippen LogP contribution in [0.2, 0.25) is 0 Å². The molecule has 0 bridgehead atoms. The SMILES string of the molecule is CCN(CC)CCCCc1cc(-c2cccc(OCc3ccccc3)c2)c2c(N)ncnn12. The Morgan fingerprint density at radius 2 is 1.79 bits per heavy atom. The van der Waals surface area contributed by atoms with Crippen LogP contribution in [0.25, 0.3) is 16.6 Å². The lowest BCUT2D eigenvalue weighted by Crippen LogP contribution is -2.24. The van der Waals surface area contributed by atoms with Crippen LogP contribution in [0.15, 0.2) is 67.0 Å². The van der Waals surface area contributed by atoms with Crippen molar-refractivity contribution >= 4 is 11.3 Å². The number of anilines is 1. The number of aryl methyl sites for hydroxylation is 1. The standard InChI is InChI=1S/C27H33N5O/c1-3-31(4-2)16-9-8-14-23-18-25(26-27(28)29-20-30-32(23)26)22-13-10-15-24(17-22)33-19-21-11-6-5-7-12-21/h5-7,10-13,15,17-18,20H,3-4,8-9,14,16,19H2,1-2H3,(H2,28,29,30). The van der Waals surface area contributed by atoms with Crippen molar-refractivity contribution in [3.63, 3.8) is 0 Å². The minimum Gasteiger partial charge on any atom is -0.489 e. The van der Waals surface area contributed by atoms with Crippen LogP contribution < -0.4 is 10.5 Å². The molecule has 0 aliphatic heterocycles. The number of nitrogens with two attached hydrogens (primary N) is 1. The molecule has 0 saturated heterocycles. The lowest BCUT2D eigenvalue weighted by atomic mass is 10.1. The first kappa shape index (κ1) is 22.8. The predicted octanol–water partition coefficient (Wildman–Crippen LogP) is 5.22. The van der Waals surface area contributed by atoms with Crippen LogP contribution in [-0.4, -0.2) is 39.1 Å². The number of fused-ring (bicyclic) bond motifs is 1. The molecule has 2 aromatic heterocycles. The van der Waals surface area contributed by atoms with Crippen LogP contribution in [0.5, 0.6) is 5.75 Å². The van der Waals surface area contributed by atoms with Crippen LogP contribution in [0, 0.1) is 0 Å². The summed E-state index contributed by atoms with van der Waals surface area (Å²) in [6, 6.07) is 20.5. The van der Waals surface area contributed by atoms with Gasteiger partial charge in [0, 0.05) is 11.3 Å². The Morgan fingerprint density at radius 1 is 0.970 bits per heavy atom. The second kappa shape index (κ2) is 11.0. The average Bonchev–Trinajstić information content (AvgIpc) is 3.24.